The maximum Gasteiger partial charge on any atom is 0.295 e. The molecule has 1 unspecified atom stereocenters. The van der Waals surface area contributed by atoms with E-state index in [2.05, 4.69) is 34.6 Å². The van der Waals surface area contributed by atoms with Crippen LogP contribution in [0.3, 0.4) is 0 Å². The summed E-state index contributed by atoms with van der Waals surface area (Å²) in [6.45, 7) is 19.3. The molecule has 3 nitrogen and oxygen atoms in total. The molecule has 0 amide bonds. The molecule has 142 valence electrons. The van der Waals surface area contributed by atoms with Gasteiger partial charge in [0.15, 0.2) is 0 Å². The van der Waals surface area contributed by atoms with E-state index in [9.17, 15) is 4.79 Å². The van der Waals surface area contributed by atoms with Gasteiger partial charge in [-0.25, -0.2) is 0 Å². The van der Waals surface area contributed by atoms with Gasteiger partial charge in [-0.3, -0.25) is 4.79 Å². The molecule has 0 rings (SSSR count). The Morgan fingerprint density at radius 1 is 1.04 bits per heavy atom. The summed E-state index contributed by atoms with van der Waals surface area (Å²) in [7, 11) is -1.73. The Morgan fingerprint density at radius 3 is 2.00 bits per heavy atom. The molecule has 0 aliphatic rings. The van der Waals surface area contributed by atoms with Crippen molar-refractivity contribution >= 4 is 24.0 Å². The lowest BCUT2D eigenvalue weighted by Crippen LogP contribution is -2.47. The van der Waals surface area contributed by atoms with E-state index in [-0.39, 0.29) is 17.5 Å². The topological polar surface area (TPSA) is 35.5 Å². The molecule has 0 saturated heterocycles. The van der Waals surface area contributed by atoms with E-state index in [4.69, 9.17) is 8.85 Å². The van der Waals surface area contributed by atoms with Gasteiger partial charge in [-0.2, -0.15) is 0 Å². The van der Waals surface area contributed by atoms with E-state index in [1.165, 1.54) is 19.3 Å². The lowest BCUT2D eigenvalue weighted by atomic mass is 10.2. The molecular formula is C19H40O3Si2. The number of rotatable bonds is 11. The first-order valence-corrected chi connectivity index (χ1v) is 13.0. The van der Waals surface area contributed by atoms with E-state index in [1.807, 2.05) is 27.7 Å². The third kappa shape index (κ3) is 8.30. The van der Waals surface area contributed by atoms with Gasteiger partial charge in [0.25, 0.3) is 14.3 Å². The van der Waals surface area contributed by atoms with E-state index >= 15 is 0 Å². The van der Waals surface area contributed by atoms with Crippen LogP contribution in [0.2, 0.25) is 23.2 Å². The lowest BCUT2D eigenvalue weighted by molar-refractivity contribution is -0.139. The van der Waals surface area contributed by atoms with Crippen molar-refractivity contribution in [2.45, 2.75) is 110 Å². The molecule has 24 heavy (non-hydrogen) atoms. The Labute approximate surface area is 154 Å². The summed E-state index contributed by atoms with van der Waals surface area (Å²) in [5.41, 5.74) is 0.772. The van der Waals surface area contributed by atoms with Crippen LogP contribution in [-0.4, -0.2) is 29.7 Å². The summed E-state index contributed by atoms with van der Waals surface area (Å²) in [6.07, 6.45) is 3.61. The Morgan fingerprint density at radius 2 is 1.58 bits per heavy atom. The van der Waals surface area contributed by atoms with Gasteiger partial charge in [-0.1, -0.05) is 60.8 Å². The maximum atomic E-state index is 12.7. The van der Waals surface area contributed by atoms with Crippen molar-refractivity contribution in [1.29, 1.82) is 0 Å². The molecule has 0 heterocycles. The van der Waals surface area contributed by atoms with Crippen LogP contribution in [0.5, 0.6) is 0 Å². The van der Waals surface area contributed by atoms with Crippen molar-refractivity contribution in [1.82, 2.24) is 0 Å². The second-order valence-corrected chi connectivity index (χ2v) is 14.4. The average molecular weight is 373 g/mol. The van der Waals surface area contributed by atoms with Gasteiger partial charge in [0.1, 0.15) is 0 Å². The Balaban J connectivity index is 4.84. The summed E-state index contributed by atoms with van der Waals surface area (Å²) in [5, 5.41) is 0. The van der Waals surface area contributed by atoms with Gasteiger partial charge < -0.3 is 8.85 Å². The van der Waals surface area contributed by atoms with Crippen LogP contribution in [0.1, 0.15) is 81.6 Å². The molecule has 0 N–H and O–H groups in total. The minimum atomic E-state index is -2.08. The minimum absolute atomic E-state index is 0.00873. The van der Waals surface area contributed by atoms with Crippen LogP contribution in [0.4, 0.5) is 0 Å². The number of unbranched alkanes of at least 4 members (excludes halogenated alkanes) is 2. The van der Waals surface area contributed by atoms with Crippen molar-refractivity contribution < 1.29 is 13.6 Å². The van der Waals surface area contributed by atoms with Gasteiger partial charge in [0.05, 0.1) is 5.92 Å². The fourth-order valence-electron chi connectivity index (χ4n) is 2.94. The first-order chi connectivity index (χ1) is 11.0. The Kier molecular flexibility index (Phi) is 10.7. The van der Waals surface area contributed by atoms with Gasteiger partial charge in [0, 0.05) is 5.60 Å². The van der Waals surface area contributed by atoms with Crippen LogP contribution >= 0.6 is 0 Å². The normalized spacial score (nSPS) is 14.3. The average Bonchev–Trinajstić information content (AvgIpc) is 2.44. The molecule has 2 radical (unpaired) electrons. The van der Waals surface area contributed by atoms with Crippen LogP contribution in [-0.2, 0) is 13.6 Å². The molecular weight excluding hydrogens is 332 g/mol. The van der Waals surface area contributed by atoms with Crippen molar-refractivity contribution in [3.63, 3.8) is 0 Å². The fraction of sp³-hybridized carbons (Fsp3) is 0.947. The van der Waals surface area contributed by atoms with E-state index in [1.54, 1.807) is 0 Å². The summed E-state index contributed by atoms with van der Waals surface area (Å²) >= 11 is 0. The zero-order chi connectivity index (χ0) is 19.0. The zero-order valence-electron chi connectivity index (χ0n) is 17.5. The summed E-state index contributed by atoms with van der Waals surface area (Å²) in [6, 6.07) is 1.85. The summed E-state index contributed by atoms with van der Waals surface area (Å²) in [4.78, 5) is 12.7. The number of hydrogen-bond donors (Lipinski definition) is 0. The van der Waals surface area contributed by atoms with E-state index in [0.29, 0.717) is 20.8 Å². The smallest absolute Gasteiger partial charge is 0.295 e. The molecule has 1 atom stereocenters. The fourth-order valence-corrected chi connectivity index (χ4v) is 8.31. The molecule has 5 heteroatoms. The van der Waals surface area contributed by atoms with Gasteiger partial charge in [-0.15, -0.1) is 0 Å². The Bertz CT molecular complexity index is 354. The molecule has 0 aliphatic carbocycles. The highest BCUT2D eigenvalue weighted by Gasteiger charge is 2.45. The number of hydrogen-bond acceptors (Lipinski definition) is 3. The summed E-state index contributed by atoms with van der Waals surface area (Å²) < 4.78 is 12.1. The predicted octanol–water partition coefficient (Wildman–Crippen LogP) is 5.97. The monoisotopic (exact) mass is 372 g/mol. The van der Waals surface area contributed by atoms with Gasteiger partial charge in [0.2, 0.25) is 9.76 Å². The van der Waals surface area contributed by atoms with E-state index in [0.717, 1.165) is 12.1 Å². The molecule has 0 aromatic heterocycles. The highest BCUT2D eigenvalue weighted by Crippen LogP contribution is 2.39. The molecule has 0 fully saturated rings. The first-order valence-electron chi connectivity index (χ1n) is 9.60. The predicted molar refractivity (Wildman–Crippen MR) is 107 cm³/mol. The number of carbonyl (C=O) groups excluding carboxylic acids is 1. The Hall–Kier alpha value is -0.136. The first kappa shape index (κ1) is 23.9. The standard InChI is InChI=1S/C19H40O3Si2/c1-10-11-12-13-24(15(2)3,16(4)5)21-18(20)17(6)14-23-22-19(7,8)9/h15-17H,10-14H2,1-9H3. The van der Waals surface area contributed by atoms with Crippen molar-refractivity contribution in [3.8, 4) is 0 Å². The highest BCUT2D eigenvalue weighted by atomic mass is 28.4. The van der Waals surface area contributed by atoms with E-state index < -0.39 is 8.32 Å². The van der Waals surface area contributed by atoms with Crippen LogP contribution in [0, 0.1) is 5.92 Å². The summed E-state index contributed by atoms with van der Waals surface area (Å²) in [5.74, 6) is -0.0909. The molecule has 0 saturated carbocycles. The molecule has 0 aromatic rings. The molecule has 0 aliphatic heterocycles. The zero-order valence-corrected chi connectivity index (χ0v) is 19.5. The van der Waals surface area contributed by atoms with Crippen LogP contribution in [0.25, 0.3) is 0 Å². The third-order valence-corrected chi connectivity index (χ3v) is 11.7. The van der Waals surface area contributed by atoms with Crippen LogP contribution in [0.15, 0.2) is 0 Å². The van der Waals surface area contributed by atoms with Crippen molar-refractivity contribution in [2.75, 3.05) is 0 Å². The largest absolute Gasteiger partial charge is 0.518 e. The molecule has 0 bridgehead atoms. The lowest BCUT2D eigenvalue weighted by Gasteiger charge is -2.39. The minimum Gasteiger partial charge on any atom is -0.518 e. The maximum absolute atomic E-state index is 12.7. The van der Waals surface area contributed by atoms with Crippen molar-refractivity contribution in [3.05, 3.63) is 0 Å². The van der Waals surface area contributed by atoms with Gasteiger partial charge in [-0.05, 0) is 43.9 Å². The second-order valence-electron chi connectivity index (χ2n) is 8.61. The third-order valence-electron chi connectivity index (χ3n) is 4.59. The van der Waals surface area contributed by atoms with Crippen LogP contribution < -0.4 is 0 Å². The highest BCUT2D eigenvalue weighted by molar-refractivity contribution is 6.77. The van der Waals surface area contributed by atoms with Crippen molar-refractivity contribution in [2.24, 2.45) is 5.92 Å². The quantitative estimate of drug-likeness (QED) is 0.331. The second kappa shape index (κ2) is 10.8. The SMILES string of the molecule is CCCCC[Si](OC(=O)C(C)C[Si]OC(C)(C)C)(C(C)C)C(C)C. The molecule has 0 aromatic carbocycles. The molecule has 0 spiro atoms. The van der Waals surface area contributed by atoms with Gasteiger partial charge >= 0.3 is 0 Å². The number of carbonyl (C=O) groups is 1.